The summed E-state index contributed by atoms with van der Waals surface area (Å²) in [6.07, 6.45) is 0.834. The molecule has 0 spiro atoms. The SMILES string of the molecule is Cc1csc(CCNCc2cc(Br)ccc2[N+](=O)[O-])n1. The number of rotatable bonds is 6. The Bertz CT molecular complexity index is 615. The van der Waals surface area contributed by atoms with Gasteiger partial charge in [-0.05, 0) is 19.1 Å². The number of hydrogen-bond acceptors (Lipinski definition) is 5. The van der Waals surface area contributed by atoms with Gasteiger partial charge in [0.1, 0.15) is 0 Å². The standard InChI is InChI=1S/C13H14BrN3O2S/c1-9-8-20-13(16-9)4-5-15-7-10-6-11(14)2-3-12(10)17(18)19/h2-3,6,8,15H,4-5,7H2,1H3. The van der Waals surface area contributed by atoms with E-state index in [-0.39, 0.29) is 10.6 Å². The molecule has 0 saturated heterocycles. The van der Waals surface area contributed by atoms with Gasteiger partial charge in [-0.1, -0.05) is 15.9 Å². The molecule has 1 N–H and O–H groups in total. The van der Waals surface area contributed by atoms with Gasteiger partial charge in [-0.25, -0.2) is 4.98 Å². The van der Waals surface area contributed by atoms with E-state index in [0.717, 1.165) is 28.1 Å². The largest absolute Gasteiger partial charge is 0.312 e. The molecule has 7 heteroatoms. The molecule has 2 rings (SSSR count). The zero-order valence-corrected chi connectivity index (χ0v) is 13.3. The minimum atomic E-state index is -0.354. The Kier molecular flexibility index (Phi) is 5.22. The molecular formula is C13H14BrN3O2S. The number of aromatic nitrogens is 1. The van der Waals surface area contributed by atoms with Crippen LogP contribution in [0.3, 0.4) is 0 Å². The molecule has 1 aromatic heterocycles. The van der Waals surface area contributed by atoms with Gasteiger partial charge in [-0.2, -0.15) is 0 Å². The predicted octanol–water partition coefficient (Wildman–Crippen LogP) is 3.45. The van der Waals surface area contributed by atoms with Crippen molar-refractivity contribution < 1.29 is 4.92 Å². The van der Waals surface area contributed by atoms with E-state index in [0.29, 0.717) is 12.1 Å². The highest BCUT2D eigenvalue weighted by Gasteiger charge is 2.13. The maximum atomic E-state index is 10.9. The first-order chi connectivity index (χ1) is 9.56. The summed E-state index contributed by atoms with van der Waals surface area (Å²) in [7, 11) is 0. The average molecular weight is 356 g/mol. The Hall–Kier alpha value is -1.31. The first-order valence-electron chi connectivity index (χ1n) is 6.11. The van der Waals surface area contributed by atoms with Gasteiger partial charge >= 0.3 is 0 Å². The summed E-state index contributed by atoms with van der Waals surface area (Å²) in [5.74, 6) is 0. The van der Waals surface area contributed by atoms with Gasteiger partial charge in [0.2, 0.25) is 0 Å². The molecule has 0 amide bonds. The molecule has 0 radical (unpaired) electrons. The quantitative estimate of drug-likeness (QED) is 0.489. The lowest BCUT2D eigenvalue weighted by atomic mass is 10.2. The highest BCUT2D eigenvalue weighted by molar-refractivity contribution is 9.10. The topological polar surface area (TPSA) is 68.1 Å². The van der Waals surface area contributed by atoms with Crippen molar-refractivity contribution in [2.75, 3.05) is 6.54 Å². The second-order valence-corrected chi connectivity index (χ2v) is 6.20. The molecule has 0 bridgehead atoms. The number of hydrogen-bond donors (Lipinski definition) is 1. The number of aryl methyl sites for hydroxylation is 1. The molecule has 5 nitrogen and oxygen atoms in total. The second-order valence-electron chi connectivity index (χ2n) is 4.34. The molecule has 0 aliphatic heterocycles. The van der Waals surface area contributed by atoms with Crippen molar-refractivity contribution in [1.82, 2.24) is 10.3 Å². The van der Waals surface area contributed by atoms with Gasteiger partial charge in [-0.3, -0.25) is 10.1 Å². The molecule has 0 aliphatic carbocycles. The van der Waals surface area contributed by atoms with Gasteiger partial charge in [0.15, 0.2) is 0 Å². The molecule has 0 aliphatic rings. The van der Waals surface area contributed by atoms with Crippen molar-refractivity contribution in [2.45, 2.75) is 19.9 Å². The first kappa shape index (κ1) is 15.1. The van der Waals surface area contributed by atoms with Crippen LogP contribution >= 0.6 is 27.3 Å². The third kappa shape index (κ3) is 4.09. The molecule has 1 aromatic carbocycles. The van der Waals surface area contributed by atoms with Crippen LogP contribution in [0.4, 0.5) is 5.69 Å². The smallest absolute Gasteiger partial charge is 0.273 e. The van der Waals surface area contributed by atoms with Crippen LogP contribution in [-0.2, 0) is 13.0 Å². The van der Waals surface area contributed by atoms with Crippen LogP contribution in [0.15, 0.2) is 28.1 Å². The number of thiazole rings is 1. The van der Waals surface area contributed by atoms with E-state index in [2.05, 4.69) is 26.2 Å². The minimum absolute atomic E-state index is 0.144. The van der Waals surface area contributed by atoms with E-state index in [1.54, 1.807) is 23.5 Å². The molecule has 0 fully saturated rings. The summed E-state index contributed by atoms with van der Waals surface area (Å²) < 4.78 is 0.843. The highest BCUT2D eigenvalue weighted by atomic mass is 79.9. The van der Waals surface area contributed by atoms with Crippen molar-refractivity contribution in [3.63, 3.8) is 0 Å². The molecule has 1 heterocycles. The fourth-order valence-electron chi connectivity index (χ4n) is 1.81. The third-order valence-corrected chi connectivity index (χ3v) is 4.26. The van der Waals surface area contributed by atoms with Crippen LogP contribution in [0, 0.1) is 17.0 Å². The summed E-state index contributed by atoms with van der Waals surface area (Å²) in [6, 6.07) is 4.98. The Morgan fingerprint density at radius 3 is 2.95 bits per heavy atom. The van der Waals surface area contributed by atoms with E-state index < -0.39 is 0 Å². The van der Waals surface area contributed by atoms with Crippen LogP contribution in [0.5, 0.6) is 0 Å². The van der Waals surface area contributed by atoms with Crippen molar-refractivity contribution >= 4 is 33.0 Å². The highest BCUT2D eigenvalue weighted by Crippen LogP contribution is 2.22. The molecule has 0 atom stereocenters. The van der Waals surface area contributed by atoms with Crippen LogP contribution in [0.2, 0.25) is 0 Å². The van der Waals surface area contributed by atoms with E-state index in [1.165, 1.54) is 6.07 Å². The third-order valence-electron chi connectivity index (χ3n) is 2.74. The molecule has 20 heavy (non-hydrogen) atoms. The normalized spacial score (nSPS) is 10.7. The summed E-state index contributed by atoms with van der Waals surface area (Å²) in [6.45, 7) is 3.19. The summed E-state index contributed by atoms with van der Waals surface area (Å²) in [5.41, 5.74) is 1.86. The molecule has 0 saturated carbocycles. The number of nitro benzene ring substituents is 1. The Labute approximate surface area is 129 Å². The van der Waals surface area contributed by atoms with E-state index in [1.807, 2.05) is 12.3 Å². The van der Waals surface area contributed by atoms with E-state index >= 15 is 0 Å². The van der Waals surface area contributed by atoms with Crippen LogP contribution in [0.1, 0.15) is 16.3 Å². The van der Waals surface area contributed by atoms with Crippen LogP contribution in [-0.4, -0.2) is 16.5 Å². The molecule has 106 valence electrons. The van der Waals surface area contributed by atoms with Gasteiger partial charge in [-0.15, -0.1) is 11.3 Å². The van der Waals surface area contributed by atoms with Crippen molar-refractivity contribution in [2.24, 2.45) is 0 Å². The average Bonchev–Trinajstić information content (AvgIpc) is 2.80. The molecule has 0 unspecified atom stereocenters. The molecule has 2 aromatic rings. The van der Waals surface area contributed by atoms with Crippen molar-refractivity contribution in [1.29, 1.82) is 0 Å². The van der Waals surface area contributed by atoms with Gasteiger partial charge in [0.25, 0.3) is 5.69 Å². The predicted molar refractivity (Wildman–Crippen MR) is 83.1 cm³/mol. The Balaban J connectivity index is 1.90. The van der Waals surface area contributed by atoms with Gasteiger partial charge < -0.3 is 5.32 Å². The van der Waals surface area contributed by atoms with Gasteiger partial charge in [0.05, 0.1) is 9.93 Å². The number of nitrogens with one attached hydrogen (secondary N) is 1. The maximum Gasteiger partial charge on any atom is 0.273 e. The first-order valence-corrected chi connectivity index (χ1v) is 7.78. The maximum absolute atomic E-state index is 10.9. The summed E-state index contributed by atoms with van der Waals surface area (Å²) in [5, 5.41) is 17.3. The minimum Gasteiger partial charge on any atom is -0.312 e. The van der Waals surface area contributed by atoms with Crippen LogP contribution in [0.25, 0.3) is 0 Å². The lowest BCUT2D eigenvalue weighted by molar-refractivity contribution is -0.385. The van der Waals surface area contributed by atoms with Crippen molar-refractivity contribution in [3.8, 4) is 0 Å². The zero-order chi connectivity index (χ0) is 14.5. The number of benzene rings is 1. The van der Waals surface area contributed by atoms with Crippen molar-refractivity contribution in [3.05, 3.63) is 54.4 Å². The number of nitrogens with zero attached hydrogens (tertiary/aromatic N) is 2. The summed E-state index contributed by atoms with van der Waals surface area (Å²) >= 11 is 4.97. The Morgan fingerprint density at radius 2 is 2.30 bits per heavy atom. The van der Waals surface area contributed by atoms with Crippen LogP contribution < -0.4 is 5.32 Å². The summed E-state index contributed by atoms with van der Waals surface area (Å²) in [4.78, 5) is 15.0. The lowest BCUT2D eigenvalue weighted by Crippen LogP contribution is -2.17. The number of halogens is 1. The Morgan fingerprint density at radius 1 is 1.50 bits per heavy atom. The fraction of sp³-hybridized carbons (Fsp3) is 0.308. The van der Waals surface area contributed by atoms with E-state index in [4.69, 9.17) is 0 Å². The lowest BCUT2D eigenvalue weighted by Gasteiger charge is -2.05. The zero-order valence-electron chi connectivity index (χ0n) is 10.9. The van der Waals surface area contributed by atoms with Gasteiger partial charge in [0, 0.05) is 46.7 Å². The second kappa shape index (κ2) is 6.92. The fourth-order valence-corrected chi connectivity index (χ4v) is 2.99. The molecular weight excluding hydrogens is 342 g/mol. The monoisotopic (exact) mass is 355 g/mol. The number of nitro groups is 1. The van der Waals surface area contributed by atoms with E-state index in [9.17, 15) is 10.1 Å².